The number of thiazole rings is 1. The first-order valence-corrected chi connectivity index (χ1v) is 8.24. The van der Waals surface area contributed by atoms with Crippen molar-refractivity contribution >= 4 is 45.7 Å². The Hall–Kier alpha value is -1.86. The molecule has 0 atom stereocenters. The maximum absolute atomic E-state index is 12.1. The van der Waals surface area contributed by atoms with Crippen LogP contribution in [-0.2, 0) is 9.59 Å². The van der Waals surface area contributed by atoms with Gasteiger partial charge in [-0.15, -0.1) is 23.1 Å². The normalized spacial score (nSPS) is 14.0. The van der Waals surface area contributed by atoms with Gasteiger partial charge in [0.25, 0.3) is 0 Å². The molecule has 21 heavy (non-hydrogen) atoms. The molecule has 0 radical (unpaired) electrons. The van der Waals surface area contributed by atoms with Crippen LogP contribution in [0, 0.1) is 6.92 Å². The summed E-state index contributed by atoms with van der Waals surface area (Å²) in [5.74, 6) is 0.0734. The second-order valence-corrected chi connectivity index (χ2v) is 6.45. The van der Waals surface area contributed by atoms with Crippen LogP contribution in [0.25, 0.3) is 0 Å². The quantitative estimate of drug-likeness (QED) is 0.944. The zero-order valence-electron chi connectivity index (χ0n) is 11.3. The largest absolute Gasteiger partial charge is 0.301 e. The van der Waals surface area contributed by atoms with E-state index in [1.165, 1.54) is 28.0 Å². The summed E-state index contributed by atoms with van der Waals surface area (Å²) in [6.45, 7) is 1.88. The number of hydrogen-bond donors (Lipinski definition) is 1. The van der Waals surface area contributed by atoms with Crippen molar-refractivity contribution in [3.63, 3.8) is 0 Å². The standard InChI is InChI=1S/C14H13N3O2S2/c1-9-7-21-14(15-9)16-12(18)6-17-10-4-2-3-5-11(10)20-8-13(17)19/h2-5,7H,6,8H2,1H3,(H,15,16,18). The molecule has 1 aromatic heterocycles. The van der Waals surface area contributed by atoms with Crippen LogP contribution in [0.5, 0.6) is 0 Å². The zero-order valence-corrected chi connectivity index (χ0v) is 13.0. The Kier molecular flexibility index (Phi) is 3.94. The summed E-state index contributed by atoms with van der Waals surface area (Å²) in [5.41, 5.74) is 1.66. The Balaban J connectivity index is 1.74. The Morgan fingerprint density at radius 1 is 1.43 bits per heavy atom. The average Bonchev–Trinajstić information content (AvgIpc) is 2.87. The predicted molar refractivity (Wildman–Crippen MR) is 85.0 cm³/mol. The summed E-state index contributed by atoms with van der Waals surface area (Å²) >= 11 is 2.88. The molecule has 0 spiro atoms. The molecule has 3 rings (SSSR count). The average molecular weight is 319 g/mol. The third-order valence-corrected chi connectivity index (χ3v) is 4.90. The molecule has 2 heterocycles. The van der Waals surface area contributed by atoms with Gasteiger partial charge in [0.15, 0.2) is 5.13 Å². The lowest BCUT2D eigenvalue weighted by atomic mass is 10.2. The van der Waals surface area contributed by atoms with Gasteiger partial charge in [0, 0.05) is 10.3 Å². The lowest BCUT2D eigenvalue weighted by Crippen LogP contribution is -2.41. The Labute approximate surface area is 130 Å². The van der Waals surface area contributed by atoms with Crippen molar-refractivity contribution in [3.8, 4) is 0 Å². The molecule has 5 nitrogen and oxygen atoms in total. The molecule has 1 aliphatic heterocycles. The number of fused-ring (bicyclic) bond motifs is 1. The third-order valence-electron chi connectivity index (χ3n) is 2.98. The Morgan fingerprint density at radius 2 is 2.24 bits per heavy atom. The molecule has 0 unspecified atom stereocenters. The number of anilines is 2. The maximum atomic E-state index is 12.1. The number of amides is 2. The minimum absolute atomic E-state index is 0.00896. The number of hydrogen-bond acceptors (Lipinski definition) is 5. The van der Waals surface area contributed by atoms with Gasteiger partial charge in [-0.2, -0.15) is 0 Å². The Bertz CT molecular complexity index is 699. The predicted octanol–water partition coefficient (Wildman–Crippen LogP) is 2.53. The molecule has 1 aromatic carbocycles. The molecule has 0 saturated carbocycles. The van der Waals surface area contributed by atoms with Crippen LogP contribution in [0.4, 0.5) is 10.8 Å². The summed E-state index contributed by atoms with van der Waals surface area (Å²) in [6, 6.07) is 7.62. The molecular formula is C14H13N3O2S2. The van der Waals surface area contributed by atoms with E-state index in [0.717, 1.165) is 16.3 Å². The highest BCUT2D eigenvalue weighted by atomic mass is 32.2. The number of nitrogens with one attached hydrogen (secondary N) is 1. The van der Waals surface area contributed by atoms with Crippen LogP contribution in [0.3, 0.4) is 0 Å². The van der Waals surface area contributed by atoms with E-state index in [9.17, 15) is 9.59 Å². The summed E-state index contributed by atoms with van der Waals surface area (Å²) < 4.78 is 0. The van der Waals surface area contributed by atoms with Crippen molar-refractivity contribution in [2.24, 2.45) is 0 Å². The maximum Gasteiger partial charge on any atom is 0.246 e. The van der Waals surface area contributed by atoms with Gasteiger partial charge >= 0.3 is 0 Å². The topological polar surface area (TPSA) is 62.3 Å². The molecule has 0 saturated heterocycles. The molecule has 0 fully saturated rings. The highest BCUT2D eigenvalue weighted by Crippen LogP contribution is 2.34. The monoisotopic (exact) mass is 319 g/mol. The first-order valence-electron chi connectivity index (χ1n) is 6.37. The fraction of sp³-hybridized carbons (Fsp3) is 0.214. The van der Waals surface area contributed by atoms with Crippen molar-refractivity contribution in [1.82, 2.24) is 4.98 Å². The van der Waals surface area contributed by atoms with E-state index < -0.39 is 0 Å². The SMILES string of the molecule is Cc1csc(NC(=O)CN2C(=O)CSc3ccccc32)n1. The molecule has 1 N–H and O–H groups in total. The van der Waals surface area contributed by atoms with E-state index in [2.05, 4.69) is 10.3 Å². The van der Waals surface area contributed by atoms with E-state index >= 15 is 0 Å². The van der Waals surface area contributed by atoms with Gasteiger partial charge in [-0.05, 0) is 19.1 Å². The first kappa shape index (κ1) is 14.1. The highest BCUT2D eigenvalue weighted by molar-refractivity contribution is 8.00. The van der Waals surface area contributed by atoms with Gasteiger partial charge in [-0.25, -0.2) is 4.98 Å². The van der Waals surface area contributed by atoms with Gasteiger partial charge < -0.3 is 10.2 Å². The molecule has 1 aliphatic rings. The number of thioether (sulfide) groups is 1. The number of benzene rings is 1. The van der Waals surface area contributed by atoms with E-state index in [-0.39, 0.29) is 18.4 Å². The van der Waals surface area contributed by atoms with E-state index in [1.54, 1.807) is 0 Å². The van der Waals surface area contributed by atoms with Crippen molar-refractivity contribution < 1.29 is 9.59 Å². The van der Waals surface area contributed by atoms with Crippen LogP contribution in [-0.4, -0.2) is 29.1 Å². The number of aryl methyl sites for hydroxylation is 1. The fourth-order valence-corrected chi connectivity index (χ4v) is 3.68. The van der Waals surface area contributed by atoms with Crippen molar-refractivity contribution in [1.29, 1.82) is 0 Å². The highest BCUT2D eigenvalue weighted by Gasteiger charge is 2.26. The molecule has 2 aromatic rings. The van der Waals surface area contributed by atoms with Crippen LogP contribution < -0.4 is 10.2 Å². The van der Waals surface area contributed by atoms with Crippen LogP contribution >= 0.6 is 23.1 Å². The van der Waals surface area contributed by atoms with Gasteiger partial charge in [0.2, 0.25) is 11.8 Å². The fourth-order valence-electron chi connectivity index (χ4n) is 2.04. The molecular weight excluding hydrogens is 306 g/mol. The summed E-state index contributed by atoms with van der Waals surface area (Å²) in [5, 5.41) is 5.16. The number of carbonyl (C=O) groups is 2. The Morgan fingerprint density at radius 3 is 3.00 bits per heavy atom. The van der Waals surface area contributed by atoms with Crippen LogP contribution in [0.2, 0.25) is 0 Å². The van der Waals surface area contributed by atoms with Gasteiger partial charge in [-0.1, -0.05) is 12.1 Å². The lowest BCUT2D eigenvalue weighted by molar-refractivity contribution is -0.120. The second kappa shape index (κ2) is 5.87. The van der Waals surface area contributed by atoms with Crippen molar-refractivity contribution in [2.45, 2.75) is 11.8 Å². The van der Waals surface area contributed by atoms with Crippen LogP contribution in [0.1, 0.15) is 5.69 Å². The summed E-state index contributed by atoms with van der Waals surface area (Å²) in [7, 11) is 0. The number of carbonyl (C=O) groups excluding carboxylic acids is 2. The second-order valence-electron chi connectivity index (χ2n) is 4.58. The number of nitrogens with zero attached hydrogens (tertiary/aromatic N) is 2. The molecule has 0 aliphatic carbocycles. The first-order chi connectivity index (χ1) is 10.1. The van der Waals surface area contributed by atoms with Gasteiger partial charge in [-0.3, -0.25) is 9.59 Å². The smallest absolute Gasteiger partial charge is 0.246 e. The summed E-state index contributed by atoms with van der Waals surface area (Å²) in [4.78, 5) is 30.9. The molecule has 2 amide bonds. The molecule has 0 bridgehead atoms. The molecule has 108 valence electrons. The van der Waals surface area contributed by atoms with Gasteiger partial charge in [0.05, 0.1) is 17.1 Å². The van der Waals surface area contributed by atoms with E-state index in [4.69, 9.17) is 0 Å². The number of rotatable bonds is 3. The minimum atomic E-state index is -0.237. The third kappa shape index (κ3) is 3.08. The van der Waals surface area contributed by atoms with Crippen LogP contribution in [0.15, 0.2) is 34.5 Å². The van der Waals surface area contributed by atoms with Crippen molar-refractivity contribution in [3.05, 3.63) is 35.3 Å². The summed E-state index contributed by atoms with van der Waals surface area (Å²) in [6.07, 6.45) is 0. The lowest BCUT2D eigenvalue weighted by Gasteiger charge is -2.28. The van der Waals surface area contributed by atoms with E-state index in [1.807, 2.05) is 36.6 Å². The van der Waals surface area contributed by atoms with Gasteiger partial charge in [0.1, 0.15) is 6.54 Å². The minimum Gasteiger partial charge on any atom is -0.301 e. The zero-order chi connectivity index (χ0) is 14.8. The number of para-hydroxylation sites is 1. The number of aromatic nitrogens is 1. The molecule has 7 heteroatoms. The van der Waals surface area contributed by atoms with E-state index in [0.29, 0.717) is 10.9 Å². The van der Waals surface area contributed by atoms with Crippen molar-refractivity contribution in [2.75, 3.05) is 22.5 Å².